The summed E-state index contributed by atoms with van der Waals surface area (Å²) in [6.07, 6.45) is 2.99. The number of aliphatic hydroxyl groups is 1. The third-order valence-electron chi connectivity index (χ3n) is 5.33. The van der Waals surface area contributed by atoms with Gasteiger partial charge in [-0.3, -0.25) is 0 Å². The molecule has 2 fully saturated rings. The van der Waals surface area contributed by atoms with E-state index in [1.807, 2.05) is 6.92 Å². The number of hydrogen-bond donors (Lipinski definition) is 3. The lowest BCUT2D eigenvalue weighted by Gasteiger charge is -2.55. The van der Waals surface area contributed by atoms with Crippen molar-refractivity contribution in [2.75, 3.05) is 19.7 Å². The number of ether oxygens (including phenoxy) is 1. The number of hydrogen-bond acceptors (Lipinski definition) is 4. The molecule has 0 radical (unpaired) electrons. The third-order valence-corrected chi connectivity index (χ3v) is 5.33. The van der Waals surface area contributed by atoms with Crippen molar-refractivity contribution in [3.05, 3.63) is 24.2 Å². The molecule has 2 heterocycles. The molecule has 3 rings (SSSR count). The molecule has 6 nitrogen and oxygen atoms in total. The number of fused-ring (bicyclic) bond motifs is 1. The molecule has 1 aromatic rings. The van der Waals surface area contributed by atoms with Crippen LogP contribution in [0.15, 0.2) is 27.8 Å². The minimum absolute atomic E-state index is 0.0842. The van der Waals surface area contributed by atoms with Crippen molar-refractivity contribution in [3.8, 4) is 0 Å². The van der Waals surface area contributed by atoms with Crippen molar-refractivity contribution in [3.63, 3.8) is 0 Å². The SMILES string of the molecule is CCNC(=NCC(C)(O)c1ccco1)NC1C2CCOC2C1(C)C. The molecule has 0 spiro atoms. The molecule has 3 N–H and O–H groups in total. The molecule has 4 atom stereocenters. The molecule has 4 unspecified atom stereocenters. The van der Waals surface area contributed by atoms with Gasteiger partial charge in [0.15, 0.2) is 5.96 Å². The number of nitrogens with one attached hydrogen (secondary N) is 2. The van der Waals surface area contributed by atoms with E-state index in [4.69, 9.17) is 9.15 Å². The zero-order valence-corrected chi connectivity index (χ0v) is 15.0. The van der Waals surface area contributed by atoms with Gasteiger partial charge in [0, 0.05) is 30.5 Å². The molecule has 0 bridgehead atoms. The summed E-state index contributed by atoms with van der Waals surface area (Å²) in [5, 5.41) is 17.4. The largest absolute Gasteiger partial charge is 0.466 e. The van der Waals surface area contributed by atoms with Gasteiger partial charge in [-0.05, 0) is 32.4 Å². The molecular formula is C18H29N3O3. The zero-order valence-electron chi connectivity index (χ0n) is 15.0. The number of nitrogens with zero attached hydrogens (tertiary/aromatic N) is 1. The second-order valence-corrected chi connectivity index (χ2v) is 7.63. The third kappa shape index (κ3) is 3.05. The van der Waals surface area contributed by atoms with Gasteiger partial charge in [0.25, 0.3) is 0 Å². The molecule has 1 aliphatic carbocycles. The van der Waals surface area contributed by atoms with E-state index in [1.54, 1.807) is 25.3 Å². The Balaban J connectivity index is 1.68. The number of aliphatic imine (C=N–C) groups is 1. The Morgan fingerprint density at radius 3 is 2.96 bits per heavy atom. The lowest BCUT2D eigenvalue weighted by Crippen LogP contribution is -2.68. The van der Waals surface area contributed by atoms with Gasteiger partial charge in [0.2, 0.25) is 0 Å². The van der Waals surface area contributed by atoms with Crippen LogP contribution in [0.5, 0.6) is 0 Å². The molecule has 0 amide bonds. The van der Waals surface area contributed by atoms with Crippen LogP contribution in [0, 0.1) is 11.3 Å². The fraction of sp³-hybridized carbons (Fsp3) is 0.722. The number of guanidine groups is 1. The van der Waals surface area contributed by atoms with Crippen LogP contribution in [0.25, 0.3) is 0 Å². The molecule has 24 heavy (non-hydrogen) atoms. The summed E-state index contributed by atoms with van der Waals surface area (Å²) in [4.78, 5) is 4.59. The average molecular weight is 335 g/mol. The first-order valence-electron chi connectivity index (χ1n) is 8.79. The Morgan fingerprint density at radius 2 is 2.29 bits per heavy atom. The van der Waals surface area contributed by atoms with Gasteiger partial charge in [0.1, 0.15) is 11.4 Å². The van der Waals surface area contributed by atoms with Crippen LogP contribution in [0.4, 0.5) is 0 Å². The van der Waals surface area contributed by atoms with Crippen molar-refractivity contribution >= 4 is 5.96 Å². The Hall–Kier alpha value is -1.53. The van der Waals surface area contributed by atoms with Crippen molar-refractivity contribution in [2.45, 2.75) is 51.9 Å². The highest BCUT2D eigenvalue weighted by molar-refractivity contribution is 5.80. The van der Waals surface area contributed by atoms with Gasteiger partial charge in [-0.15, -0.1) is 0 Å². The number of furan rings is 1. The highest BCUT2D eigenvalue weighted by Gasteiger charge is 2.59. The highest BCUT2D eigenvalue weighted by Crippen LogP contribution is 2.52. The summed E-state index contributed by atoms with van der Waals surface area (Å²) in [5.41, 5.74) is -1.04. The first kappa shape index (κ1) is 17.3. The predicted molar refractivity (Wildman–Crippen MR) is 92.8 cm³/mol. The van der Waals surface area contributed by atoms with Crippen molar-refractivity contribution in [2.24, 2.45) is 16.3 Å². The minimum atomic E-state index is -1.13. The maximum Gasteiger partial charge on any atom is 0.191 e. The van der Waals surface area contributed by atoms with Crippen molar-refractivity contribution in [1.82, 2.24) is 10.6 Å². The van der Waals surface area contributed by atoms with Crippen LogP contribution >= 0.6 is 0 Å². The fourth-order valence-corrected chi connectivity index (χ4v) is 3.98. The summed E-state index contributed by atoms with van der Waals surface area (Å²) in [5.74, 6) is 1.79. The molecule has 0 aromatic carbocycles. The summed E-state index contributed by atoms with van der Waals surface area (Å²) in [6.45, 7) is 10.1. The summed E-state index contributed by atoms with van der Waals surface area (Å²) >= 11 is 0. The molecule has 2 aliphatic rings. The molecule has 6 heteroatoms. The topological polar surface area (TPSA) is 79.0 Å². The Bertz CT molecular complexity index is 580. The van der Waals surface area contributed by atoms with Crippen LogP contribution in [-0.2, 0) is 10.3 Å². The molecule has 134 valence electrons. The molecule has 1 aromatic heterocycles. The smallest absolute Gasteiger partial charge is 0.191 e. The predicted octanol–water partition coefficient (Wildman–Crippen LogP) is 1.86. The van der Waals surface area contributed by atoms with E-state index < -0.39 is 5.60 Å². The quantitative estimate of drug-likeness (QED) is 0.565. The summed E-state index contributed by atoms with van der Waals surface area (Å²) < 4.78 is 11.2. The normalized spacial score (nSPS) is 31.0. The van der Waals surface area contributed by atoms with Gasteiger partial charge in [-0.1, -0.05) is 13.8 Å². The van der Waals surface area contributed by atoms with Gasteiger partial charge >= 0.3 is 0 Å². The monoisotopic (exact) mass is 335 g/mol. The lowest BCUT2D eigenvalue weighted by atomic mass is 9.57. The van der Waals surface area contributed by atoms with E-state index in [9.17, 15) is 5.11 Å². The highest BCUT2D eigenvalue weighted by atomic mass is 16.5. The van der Waals surface area contributed by atoms with Crippen molar-refractivity contribution in [1.29, 1.82) is 0 Å². The standard InChI is InChI=1S/C18H29N3O3/c1-5-19-16(20-11-18(4,22)13-7-6-9-23-13)21-14-12-8-10-24-15(12)17(14,2)3/h6-7,9,12,14-15,22H,5,8,10-11H2,1-4H3,(H2,19,20,21). The second kappa shape index (κ2) is 6.41. The summed E-state index contributed by atoms with van der Waals surface area (Å²) in [7, 11) is 0. The van der Waals surface area contributed by atoms with E-state index in [1.165, 1.54) is 0 Å². The Kier molecular flexibility index (Phi) is 4.62. The van der Waals surface area contributed by atoms with Crippen molar-refractivity contribution < 1.29 is 14.3 Å². The van der Waals surface area contributed by atoms with E-state index in [0.717, 1.165) is 25.5 Å². The Morgan fingerprint density at radius 1 is 1.50 bits per heavy atom. The zero-order chi connectivity index (χ0) is 17.4. The van der Waals surface area contributed by atoms with Crippen LogP contribution in [0.2, 0.25) is 0 Å². The van der Waals surface area contributed by atoms with Gasteiger partial charge in [0.05, 0.1) is 18.9 Å². The Labute approximate surface area is 143 Å². The van der Waals surface area contributed by atoms with Gasteiger partial charge in [-0.25, -0.2) is 4.99 Å². The average Bonchev–Trinajstić information content (AvgIpc) is 3.19. The van der Waals surface area contributed by atoms with Crippen LogP contribution in [0.1, 0.15) is 39.9 Å². The molecule has 1 saturated heterocycles. The summed E-state index contributed by atoms with van der Waals surface area (Å²) in [6, 6.07) is 3.87. The number of rotatable bonds is 5. The van der Waals surface area contributed by atoms with E-state index >= 15 is 0 Å². The molecule has 1 saturated carbocycles. The van der Waals surface area contributed by atoms with E-state index in [-0.39, 0.29) is 12.0 Å². The van der Waals surface area contributed by atoms with Crippen LogP contribution < -0.4 is 10.6 Å². The van der Waals surface area contributed by atoms with E-state index in [0.29, 0.717) is 23.8 Å². The lowest BCUT2D eigenvalue weighted by molar-refractivity contribution is -0.106. The van der Waals surface area contributed by atoms with Crippen LogP contribution in [0.3, 0.4) is 0 Å². The van der Waals surface area contributed by atoms with Gasteiger partial charge < -0.3 is 24.9 Å². The van der Waals surface area contributed by atoms with Crippen LogP contribution in [-0.4, -0.2) is 42.9 Å². The maximum absolute atomic E-state index is 10.6. The minimum Gasteiger partial charge on any atom is -0.466 e. The second-order valence-electron chi connectivity index (χ2n) is 7.63. The maximum atomic E-state index is 10.6. The fourth-order valence-electron chi connectivity index (χ4n) is 3.98. The van der Waals surface area contributed by atoms with E-state index in [2.05, 4.69) is 29.5 Å². The molecule has 1 aliphatic heterocycles. The molecular weight excluding hydrogens is 306 g/mol. The van der Waals surface area contributed by atoms with Gasteiger partial charge in [-0.2, -0.15) is 0 Å². The first-order valence-corrected chi connectivity index (χ1v) is 8.79. The first-order chi connectivity index (χ1) is 11.4.